The number of rotatable bonds is 7. The largest absolute Gasteiger partial charge is 0.381 e. The summed E-state index contributed by atoms with van der Waals surface area (Å²) >= 11 is 0. The second kappa shape index (κ2) is 7.02. The Morgan fingerprint density at radius 3 is 3.07 bits per heavy atom. The van der Waals surface area contributed by atoms with Crippen molar-refractivity contribution in [3.63, 3.8) is 0 Å². The summed E-state index contributed by atoms with van der Waals surface area (Å²) < 4.78 is 5.43. The van der Waals surface area contributed by atoms with Gasteiger partial charge in [-0.1, -0.05) is 13.0 Å². The molecule has 0 bridgehead atoms. The highest BCUT2D eigenvalue weighted by Crippen LogP contribution is 2.20. The quantitative estimate of drug-likeness (QED) is 0.633. The molecule has 0 radical (unpaired) electrons. The predicted octanol–water partition coefficient (Wildman–Crippen LogP) is 2.36. The molecule has 0 aliphatic carbocycles. The van der Waals surface area contributed by atoms with Crippen molar-refractivity contribution in [3.05, 3.63) is 12.7 Å². The van der Waals surface area contributed by atoms with Gasteiger partial charge in [0.25, 0.3) is 0 Å². The van der Waals surface area contributed by atoms with E-state index in [0.29, 0.717) is 6.04 Å². The second-order valence-corrected chi connectivity index (χ2v) is 4.05. The summed E-state index contributed by atoms with van der Waals surface area (Å²) in [5, 5.41) is 3.62. The molecule has 0 amide bonds. The van der Waals surface area contributed by atoms with Gasteiger partial charge in [0, 0.05) is 12.6 Å². The van der Waals surface area contributed by atoms with Gasteiger partial charge in [-0.3, -0.25) is 0 Å². The lowest BCUT2D eigenvalue weighted by atomic mass is 9.95. The van der Waals surface area contributed by atoms with Gasteiger partial charge in [0.1, 0.15) is 0 Å². The van der Waals surface area contributed by atoms with E-state index in [2.05, 4.69) is 18.8 Å². The average Bonchev–Trinajstić information content (AvgIpc) is 2.71. The zero-order chi connectivity index (χ0) is 10.2. The molecule has 0 aromatic carbocycles. The highest BCUT2D eigenvalue weighted by molar-refractivity contribution is 4.82. The molecule has 2 atom stereocenters. The maximum atomic E-state index is 5.43. The molecule has 2 nitrogen and oxygen atoms in total. The standard InChI is InChI=1S/C12H23NO/c1-3-5-6-12(13-8-4-2)11-7-9-14-10-11/h3,11-13H,1,4-10H2,2H3. The topological polar surface area (TPSA) is 21.3 Å². The summed E-state index contributed by atoms with van der Waals surface area (Å²) in [7, 11) is 0. The highest BCUT2D eigenvalue weighted by atomic mass is 16.5. The van der Waals surface area contributed by atoms with Crippen molar-refractivity contribution < 1.29 is 4.74 Å². The molecule has 1 heterocycles. The van der Waals surface area contributed by atoms with Crippen LogP contribution in [0.1, 0.15) is 32.6 Å². The minimum Gasteiger partial charge on any atom is -0.381 e. The third-order valence-corrected chi connectivity index (χ3v) is 2.87. The lowest BCUT2D eigenvalue weighted by molar-refractivity contribution is 0.175. The summed E-state index contributed by atoms with van der Waals surface area (Å²) in [6.07, 6.45) is 6.75. The smallest absolute Gasteiger partial charge is 0.0510 e. The van der Waals surface area contributed by atoms with E-state index in [1.807, 2.05) is 6.08 Å². The van der Waals surface area contributed by atoms with Gasteiger partial charge in [-0.15, -0.1) is 6.58 Å². The van der Waals surface area contributed by atoms with E-state index < -0.39 is 0 Å². The Morgan fingerprint density at radius 2 is 2.50 bits per heavy atom. The molecule has 0 spiro atoms. The van der Waals surface area contributed by atoms with Gasteiger partial charge in [-0.2, -0.15) is 0 Å². The molecule has 1 fully saturated rings. The SMILES string of the molecule is C=CCCC(NCCC)C1CCOC1. The van der Waals surface area contributed by atoms with Crippen LogP contribution in [0.4, 0.5) is 0 Å². The molecule has 14 heavy (non-hydrogen) atoms. The third kappa shape index (κ3) is 3.81. The fraction of sp³-hybridized carbons (Fsp3) is 0.833. The van der Waals surface area contributed by atoms with Gasteiger partial charge in [-0.25, -0.2) is 0 Å². The average molecular weight is 197 g/mol. The zero-order valence-electron chi connectivity index (χ0n) is 9.30. The first kappa shape index (κ1) is 11.7. The van der Waals surface area contributed by atoms with Gasteiger partial charge in [0.05, 0.1) is 6.61 Å². The first-order valence-corrected chi connectivity index (χ1v) is 5.80. The number of nitrogens with one attached hydrogen (secondary N) is 1. The second-order valence-electron chi connectivity index (χ2n) is 4.05. The van der Waals surface area contributed by atoms with E-state index in [1.54, 1.807) is 0 Å². The number of hydrogen-bond acceptors (Lipinski definition) is 2. The van der Waals surface area contributed by atoms with Gasteiger partial charge in [0.2, 0.25) is 0 Å². The number of ether oxygens (including phenoxy) is 1. The van der Waals surface area contributed by atoms with Crippen LogP contribution in [0.2, 0.25) is 0 Å². The molecule has 2 unspecified atom stereocenters. The monoisotopic (exact) mass is 197 g/mol. The Hall–Kier alpha value is -0.340. The molecule has 1 aliphatic heterocycles. The van der Waals surface area contributed by atoms with Crippen molar-refractivity contribution in [2.24, 2.45) is 5.92 Å². The van der Waals surface area contributed by atoms with Gasteiger partial charge < -0.3 is 10.1 Å². The number of hydrogen-bond donors (Lipinski definition) is 1. The predicted molar refractivity (Wildman–Crippen MR) is 60.4 cm³/mol. The summed E-state index contributed by atoms with van der Waals surface area (Å²) in [5.41, 5.74) is 0. The first-order valence-electron chi connectivity index (χ1n) is 5.80. The van der Waals surface area contributed by atoms with E-state index >= 15 is 0 Å². The van der Waals surface area contributed by atoms with Crippen LogP contribution in [0.3, 0.4) is 0 Å². The fourth-order valence-corrected chi connectivity index (χ4v) is 2.00. The molecule has 1 rings (SSSR count). The molecule has 1 saturated heterocycles. The van der Waals surface area contributed by atoms with E-state index in [-0.39, 0.29) is 0 Å². The third-order valence-electron chi connectivity index (χ3n) is 2.87. The van der Waals surface area contributed by atoms with Crippen molar-refractivity contribution in [1.29, 1.82) is 0 Å². The maximum absolute atomic E-state index is 5.43. The van der Waals surface area contributed by atoms with Crippen LogP contribution in [-0.2, 0) is 4.74 Å². The van der Waals surface area contributed by atoms with Crippen molar-refractivity contribution in [1.82, 2.24) is 5.32 Å². The molecular formula is C12H23NO. The van der Waals surface area contributed by atoms with E-state index in [0.717, 1.165) is 32.1 Å². The van der Waals surface area contributed by atoms with Crippen LogP contribution >= 0.6 is 0 Å². The van der Waals surface area contributed by atoms with Crippen LogP contribution in [0, 0.1) is 5.92 Å². The van der Waals surface area contributed by atoms with Crippen LogP contribution in [0.15, 0.2) is 12.7 Å². The van der Waals surface area contributed by atoms with Crippen molar-refractivity contribution in [2.75, 3.05) is 19.8 Å². The molecular weight excluding hydrogens is 174 g/mol. The number of allylic oxidation sites excluding steroid dienone is 1. The molecule has 0 aromatic heterocycles. The van der Waals surface area contributed by atoms with Crippen molar-refractivity contribution in [2.45, 2.75) is 38.6 Å². The maximum Gasteiger partial charge on any atom is 0.0510 e. The lowest BCUT2D eigenvalue weighted by Gasteiger charge is -2.23. The molecule has 1 N–H and O–H groups in total. The Kier molecular flexibility index (Phi) is 5.88. The van der Waals surface area contributed by atoms with Gasteiger partial charge in [0.15, 0.2) is 0 Å². The Morgan fingerprint density at radius 1 is 1.64 bits per heavy atom. The highest BCUT2D eigenvalue weighted by Gasteiger charge is 2.24. The summed E-state index contributed by atoms with van der Waals surface area (Å²) in [5.74, 6) is 0.724. The molecule has 2 heteroatoms. The van der Waals surface area contributed by atoms with Crippen LogP contribution < -0.4 is 5.32 Å². The zero-order valence-corrected chi connectivity index (χ0v) is 9.30. The molecule has 82 valence electrons. The van der Waals surface area contributed by atoms with Crippen LogP contribution in [0.5, 0.6) is 0 Å². The Bertz CT molecular complexity index is 152. The molecule has 0 aromatic rings. The van der Waals surface area contributed by atoms with Crippen molar-refractivity contribution >= 4 is 0 Å². The fourth-order valence-electron chi connectivity index (χ4n) is 2.00. The minimum atomic E-state index is 0.635. The van der Waals surface area contributed by atoms with Gasteiger partial charge >= 0.3 is 0 Å². The lowest BCUT2D eigenvalue weighted by Crippen LogP contribution is -2.37. The minimum absolute atomic E-state index is 0.635. The van der Waals surface area contributed by atoms with E-state index in [1.165, 1.54) is 19.3 Å². The van der Waals surface area contributed by atoms with Crippen molar-refractivity contribution in [3.8, 4) is 0 Å². The van der Waals surface area contributed by atoms with Gasteiger partial charge in [-0.05, 0) is 38.1 Å². The Balaban J connectivity index is 2.29. The molecule has 0 saturated carbocycles. The summed E-state index contributed by atoms with van der Waals surface area (Å²) in [6.45, 7) is 9.01. The van der Waals surface area contributed by atoms with Crippen LogP contribution in [-0.4, -0.2) is 25.8 Å². The normalized spacial score (nSPS) is 23.6. The summed E-state index contributed by atoms with van der Waals surface area (Å²) in [4.78, 5) is 0. The van der Waals surface area contributed by atoms with Crippen LogP contribution in [0.25, 0.3) is 0 Å². The molecule has 1 aliphatic rings. The first-order chi connectivity index (χ1) is 6.88. The van der Waals surface area contributed by atoms with E-state index in [9.17, 15) is 0 Å². The Labute approximate surface area is 87.7 Å². The summed E-state index contributed by atoms with van der Waals surface area (Å²) in [6, 6.07) is 0.635. The van der Waals surface area contributed by atoms with E-state index in [4.69, 9.17) is 4.74 Å².